The van der Waals surface area contributed by atoms with Crippen molar-refractivity contribution in [2.24, 2.45) is 0 Å². The van der Waals surface area contributed by atoms with Crippen molar-refractivity contribution < 1.29 is 4.79 Å². The number of nitrogens with one attached hydrogen (secondary N) is 2. The third-order valence-corrected chi connectivity index (χ3v) is 3.27. The first kappa shape index (κ1) is 15.0. The monoisotopic (exact) mass is 283 g/mol. The molecule has 0 spiro atoms. The van der Waals surface area contributed by atoms with E-state index in [1.807, 2.05) is 31.2 Å². The number of carbonyl (C=O) groups excluding carboxylic acids is 1. The first-order valence-corrected chi connectivity index (χ1v) is 7.21. The predicted octanol–water partition coefficient (Wildman–Crippen LogP) is 3.89. The molecule has 1 aromatic heterocycles. The van der Waals surface area contributed by atoms with Gasteiger partial charge in [-0.1, -0.05) is 26.0 Å². The van der Waals surface area contributed by atoms with Gasteiger partial charge >= 0.3 is 0 Å². The maximum Gasteiger partial charge on any atom is 0.259 e. The average Bonchev–Trinajstić information content (AvgIpc) is 2.48. The van der Waals surface area contributed by atoms with Crippen LogP contribution in [0, 0.1) is 0 Å². The highest BCUT2D eigenvalue weighted by Crippen LogP contribution is 2.19. The van der Waals surface area contributed by atoms with Gasteiger partial charge in [0.25, 0.3) is 5.91 Å². The molecule has 4 heteroatoms. The van der Waals surface area contributed by atoms with Gasteiger partial charge in [0, 0.05) is 24.6 Å². The SMILES string of the molecule is CCNc1ccncc1C(=O)Nc1ccc(C(C)C)cc1. The summed E-state index contributed by atoms with van der Waals surface area (Å²) in [7, 11) is 0. The average molecular weight is 283 g/mol. The maximum absolute atomic E-state index is 12.3. The van der Waals surface area contributed by atoms with Gasteiger partial charge in [-0.05, 0) is 36.6 Å². The molecule has 1 aromatic carbocycles. The maximum atomic E-state index is 12.3. The van der Waals surface area contributed by atoms with Crippen LogP contribution in [0.15, 0.2) is 42.7 Å². The van der Waals surface area contributed by atoms with Crippen LogP contribution in [0.5, 0.6) is 0 Å². The van der Waals surface area contributed by atoms with Crippen molar-refractivity contribution in [3.8, 4) is 0 Å². The zero-order chi connectivity index (χ0) is 15.2. The molecule has 4 nitrogen and oxygen atoms in total. The van der Waals surface area contributed by atoms with Gasteiger partial charge in [0.05, 0.1) is 11.3 Å². The second kappa shape index (κ2) is 6.88. The third-order valence-electron chi connectivity index (χ3n) is 3.27. The van der Waals surface area contributed by atoms with Gasteiger partial charge in [-0.2, -0.15) is 0 Å². The first-order chi connectivity index (χ1) is 10.1. The van der Waals surface area contributed by atoms with Crippen LogP contribution >= 0.6 is 0 Å². The van der Waals surface area contributed by atoms with E-state index in [0.29, 0.717) is 11.5 Å². The van der Waals surface area contributed by atoms with Gasteiger partial charge in [-0.15, -0.1) is 0 Å². The van der Waals surface area contributed by atoms with Crippen LogP contribution < -0.4 is 10.6 Å². The van der Waals surface area contributed by atoms with E-state index in [1.165, 1.54) is 5.56 Å². The first-order valence-electron chi connectivity index (χ1n) is 7.21. The summed E-state index contributed by atoms with van der Waals surface area (Å²) in [5, 5.41) is 6.07. The molecule has 0 aliphatic heterocycles. The van der Waals surface area contributed by atoms with Gasteiger partial charge in [-0.25, -0.2) is 0 Å². The van der Waals surface area contributed by atoms with Crippen molar-refractivity contribution in [2.75, 3.05) is 17.2 Å². The lowest BCUT2D eigenvalue weighted by Gasteiger charge is -2.11. The highest BCUT2D eigenvalue weighted by atomic mass is 16.1. The quantitative estimate of drug-likeness (QED) is 0.875. The molecule has 0 unspecified atom stereocenters. The van der Waals surface area contributed by atoms with Crippen LogP contribution in [-0.4, -0.2) is 17.4 Å². The molecular weight excluding hydrogens is 262 g/mol. The molecule has 0 aliphatic rings. The fourth-order valence-electron chi connectivity index (χ4n) is 2.07. The van der Waals surface area contributed by atoms with Crippen LogP contribution in [0.2, 0.25) is 0 Å². The topological polar surface area (TPSA) is 54.0 Å². The minimum absolute atomic E-state index is 0.156. The smallest absolute Gasteiger partial charge is 0.259 e. The molecule has 0 bridgehead atoms. The van der Waals surface area contributed by atoms with Crippen molar-refractivity contribution in [1.82, 2.24) is 4.98 Å². The molecule has 110 valence electrons. The number of hydrogen-bond acceptors (Lipinski definition) is 3. The van der Waals surface area contributed by atoms with Gasteiger partial charge in [0.1, 0.15) is 0 Å². The Kier molecular flexibility index (Phi) is 4.93. The Labute approximate surface area is 125 Å². The van der Waals surface area contributed by atoms with Crippen molar-refractivity contribution in [1.29, 1.82) is 0 Å². The Morgan fingerprint density at radius 3 is 2.52 bits per heavy atom. The minimum Gasteiger partial charge on any atom is -0.385 e. The van der Waals surface area contributed by atoms with E-state index < -0.39 is 0 Å². The van der Waals surface area contributed by atoms with Crippen LogP contribution in [0.4, 0.5) is 11.4 Å². The van der Waals surface area contributed by atoms with E-state index in [2.05, 4.69) is 29.5 Å². The largest absolute Gasteiger partial charge is 0.385 e. The summed E-state index contributed by atoms with van der Waals surface area (Å²) in [4.78, 5) is 16.4. The van der Waals surface area contributed by atoms with Crippen molar-refractivity contribution >= 4 is 17.3 Å². The van der Waals surface area contributed by atoms with Crippen molar-refractivity contribution in [3.63, 3.8) is 0 Å². The predicted molar refractivity (Wildman–Crippen MR) is 86.9 cm³/mol. The Hall–Kier alpha value is -2.36. The summed E-state index contributed by atoms with van der Waals surface area (Å²) in [5.74, 6) is 0.324. The lowest BCUT2D eigenvalue weighted by molar-refractivity contribution is 0.102. The summed E-state index contributed by atoms with van der Waals surface area (Å²) in [6, 6.07) is 9.73. The molecule has 0 atom stereocenters. The van der Waals surface area contributed by atoms with Crippen LogP contribution in [-0.2, 0) is 0 Å². The number of nitrogens with zero attached hydrogens (tertiary/aromatic N) is 1. The Morgan fingerprint density at radius 2 is 1.90 bits per heavy atom. The number of hydrogen-bond donors (Lipinski definition) is 2. The highest BCUT2D eigenvalue weighted by molar-refractivity contribution is 6.07. The Morgan fingerprint density at radius 1 is 1.19 bits per heavy atom. The van der Waals surface area contributed by atoms with Crippen LogP contribution in [0.3, 0.4) is 0 Å². The molecule has 0 fully saturated rings. The third kappa shape index (κ3) is 3.81. The number of amides is 1. The summed E-state index contributed by atoms with van der Waals surface area (Å²) in [6.07, 6.45) is 3.25. The Balaban J connectivity index is 2.14. The van der Waals surface area contributed by atoms with Crippen molar-refractivity contribution in [2.45, 2.75) is 26.7 Å². The second-order valence-electron chi connectivity index (χ2n) is 5.18. The molecule has 0 aliphatic carbocycles. The standard InChI is InChI=1S/C17H21N3O/c1-4-19-16-9-10-18-11-15(16)17(21)20-14-7-5-13(6-8-14)12(2)3/h5-12H,4H2,1-3H3,(H,18,19)(H,20,21). The lowest BCUT2D eigenvalue weighted by atomic mass is 10.0. The number of anilines is 2. The number of rotatable bonds is 5. The van der Waals surface area contributed by atoms with E-state index in [9.17, 15) is 4.79 Å². The van der Waals surface area contributed by atoms with Gasteiger partial charge in [-0.3, -0.25) is 9.78 Å². The molecule has 1 heterocycles. The summed E-state index contributed by atoms with van der Waals surface area (Å²) < 4.78 is 0. The molecule has 1 amide bonds. The fraction of sp³-hybridized carbons (Fsp3) is 0.294. The van der Waals surface area contributed by atoms with Crippen LogP contribution in [0.25, 0.3) is 0 Å². The normalized spacial score (nSPS) is 10.5. The summed E-state index contributed by atoms with van der Waals surface area (Å²) in [5.41, 5.74) is 3.38. The molecule has 0 saturated heterocycles. The minimum atomic E-state index is -0.156. The summed E-state index contributed by atoms with van der Waals surface area (Å²) in [6.45, 7) is 7.04. The van der Waals surface area contributed by atoms with Gasteiger partial charge in [0.2, 0.25) is 0 Å². The molecule has 2 N–H and O–H groups in total. The molecule has 2 aromatic rings. The highest BCUT2D eigenvalue weighted by Gasteiger charge is 2.11. The zero-order valence-corrected chi connectivity index (χ0v) is 12.7. The Bertz CT molecular complexity index is 606. The molecule has 0 radical (unpaired) electrons. The fourth-order valence-corrected chi connectivity index (χ4v) is 2.07. The number of benzene rings is 1. The number of pyridine rings is 1. The van der Waals surface area contributed by atoms with E-state index in [0.717, 1.165) is 17.9 Å². The number of carbonyl (C=O) groups is 1. The molecule has 0 saturated carbocycles. The lowest BCUT2D eigenvalue weighted by Crippen LogP contribution is -2.15. The molecule has 21 heavy (non-hydrogen) atoms. The molecule has 2 rings (SSSR count). The molecular formula is C17H21N3O. The van der Waals surface area contributed by atoms with E-state index in [1.54, 1.807) is 18.5 Å². The zero-order valence-electron chi connectivity index (χ0n) is 12.7. The van der Waals surface area contributed by atoms with Gasteiger partial charge in [0.15, 0.2) is 0 Å². The van der Waals surface area contributed by atoms with Gasteiger partial charge < -0.3 is 10.6 Å². The van der Waals surface area contributed by atoms with E-state index in [4.69, 9.17) is 0 Å². The number of aromatic nitrogens is 1. The van der Waals surface area contributed by atoms with Crippen molar-refractivity contribution in [3.05, 3.63) is 53.9 Å². The second-order valence-corrected chi connectivity index (χ2v) is 5.18. The summed E-state index contributed by atoms with van der Waals surface area (Å²) >= 11 is 0. The van der Waals surface area contributed by atoms with E-state index >= 15 is 0 Å². The van der Waals surface area contributed by atoms with Crippen LogP contribution in [0.1, 0.15) is 42.6 Å². The van der Waals surface area contributed by atoms with E-state index in [-0.39, 0.29) is 5.91 Å².